The molecule has 9 nitrogen and oxygen atoms in total. The summed E-state index contributed by atoms with van der Waals surface area (Å²) >= 11 is 0. The molecular weight excluding hydrogens is 480 g/mol. The van der Waals surface area contributed by atoms with Crippen LogP contribution in [0.3, 0.4) is 0 Å². The SMILES string of the molecule is NS(=O)(=O)OC[C@@H]1CC[C@H](Nc2ccnc3cc(-c4ccc(OC(F)F)c5ccccc45)nn23)C1. The number of anilines is 1. The van der Waals surface area contributed by atoms with Crippen LogP contribution in [0.25, 0.3) is 27.7 Å². The topological polar surface area (TPSA) is 121 Å². The van der Waals surface area contributed by atoms with E-state index in [-0.39, 0.29) is 24.3 Å². The Kier molecular flexibility index (Phi) is 6.26. The van der Waals surface area contributed by atoms with Crippen LogP contribution < -0.4 is 15.2 Å². The number of hydrogen-bond acceptors (Lipinski definition) is 7. The maximum Gasteiger partial charge on any atom is 0.387 e. The maximum atomic E-state index is 12.9. The molecule has 1 aliphatic carbocycles. The summed E-state index contributed by atoms with van der Waals surface area (Å²) in [5.74, 6) is 0.920. The Bertz CT molecular complexity index is 1480. The van der Waals surface area contributed by atoms with Gasteiger partial charge in [-0.25, -0.2) is 10.1 Å². The first-order chi connectivity index (χ1) is 16.8. The number of alkyl halides is 2. The van der Waals surface area contributed by atoms with Gasteiger partial charge in [-0.1, -0.05) is 24.3 Å². The van der Waals surface area contributed by atoms with E-state index in [9.17, 15) is 17.2 Å². The number of nitrogens with two attached hydrogens (primary N) is 1. The average Bonchev–Trinajstić information content (AvgIpc) is 3.45. The van der Waals surface area contributed by atoms with Gasteiger partial charge in [0.1, 0.15) is 11.6 Å². The van der Waals surface area contributed by atoms with Gasteiger partial charge in [0.15, 0.2) is 5.65 Å². The van der Waals surface area contributed by atoms with Gasteiger partial charge in [-0.05, 0) is 48.8 Å². The molecule has 1 aliphatic rings. The van der Waals surface area contributed by atoms with Gasteiger partial charge in [-0.3, -0.25) is 4.18 Å². The van der Waals surface area contributed by atoms with Crippen LogP contribution in [-0.2, 0) is 14.5 Å². The number of halogens is 2. The van der Waals surface area contributed by atoms with Crippen molar-refractivity contribution >= 4 is 32.5 Å². The number of rotatable bonds is 8. The monoisotopic (exact) mass is 503 g/mol. The second-order valence-corrected chi connectivity index (χ2v) is 9.68. The van der Waals surface area contributed by atoms with Crippen LogP contribution in [0, 0.1) is 5.92 Å². The fourth-order valence-corrected chi connectivity index (χ4v) is 4.97. The summed E-state index contributed by atoms with van der Waals surface area (Å²) in [7, 11) is -3.95. The van der Waals surface area contributed by atoms with Crippen molar-refractivity contribution in [3.8, 4) is 17.0 Å². The van der Waals surface area contributed by atoms with Crippen LogP contribution in [-0.4, -0.2) is 42.3 Å². The van der Waals surface area contributed by atoms with Gasteiger partial charge in [-0.2, -0.15) is 26.8 Å². The van der Waals surface area contributed by atoms with Crippen molar-refractivity contribution in [3.05, 3.63) is 54.7 Å². The molecule has 0 radical (unpaired) electrons. The number of ether oxygens (including phenoxy) is 1. The summed E-state index contributed by atoms with van der Waals surface area (Å²) in [5.41, 5.74) is 2.02. The number of aromatic nitrogens is 3. The summed E-state index contributed by atoms with van der Waals surface area (Å²) < 4.78 is 58.9. The van der Waals surface area contributed by atoms with E-state index in [0.717, 1.165) is 36.0 Å². The number of fused-ring (bicyclic) bond motifs is 2. The molecule has 0 aliphatic heterocycles. The third kappa shape index (κ3) is 5.19. The van der Waals surface area contributed by atoms with Gasteiger partial charge < -0.3 is 10.1 Å². The molecule has 1 saturated carbocycles. The Morgan fingerprint density at radius 1 is 1.14 bits per heavy atom. The van der Waals surface area contributed by atoms with Crippen LogP contribution in [0.15, 0.2) is 54.7 Å². The highest BCUT2D eigenvalue weighted by atomic mass is 32.2. The highest BCUT2D eigenvalue weighted by Crippen LogP contribution is 2.35. The molecule has 2 aromatic carbocycles. The van der Waals surface area contributed by atoms with Crippen molar-refractivity contribution in [1.29, 1.82) is 0 Å². The number of benzene rings is 2. The van der Waals surface area contributed by atoms with Gasteiger partial charge in [0.25, 0.3) is 0 Å². The van der Waals surface area contributed by atoms with Crippen molar-refractivity contribution in [2.24, 2.45) is 11.1 Å². The fraction of sp³-hybridized carbons (Fsp3) is 0.304. The van der Waals surface area contributed by atoms with Gasteiger partial charge in [0.05, 0.1) is 12.3 Å². The first kappa shape index (κ1) is 23.4. The quantitative estimate of drug-likeness (QED) is 0.373. The minimum atomic E-state index is -3.95. The minimum Gasteiger partial charge on any atom is -0.434 e. The molecule has 0 saturated heterocycles. The van der Waals surface area contributed by atoms with Crippen LogP contribution in [0.4, 0.5) is 14.6 Å². The highest BCUT2D eigenvalue weighted by Gasteiger charge is 2.26. The standard InChI is InChI=1S/C23H23F2N5O4S/c24-23(25)34-20-8-7-17(16-3-1-2-4-18(16)20)19-12-22-27-10-9-21(30(22)29-19)28-15-6-5-14(11-15)13-33-35(26,31)32/h1-4,7-10,12,14-15,23,28H,5-6,11,13H2,(H2,26,31,32)/t14-,15+/m1/s1. The zero-order valence-corrected chi connectivity index (χ0v) is 19.3. The molecular formula is C23H23F2N5O4S. The Morgan fingerprint density at radius 3 is 2.71 bits per heavy atom. The number of nitrogens with one attached hydrogen (secondary N) is 1. The van der Waals surface area contributed by atoms with Crippen LogP contribution in [0.5, 0.6) is 5.75 Å². The largest absolute Gasteiger partial charge is 0.434 e. The molecule has 0 amide bonds. The molecule has 184 valence electrons. The lowest BCUT2D eigenvalue weighted by Gasteiger charge is -2.15. The summed E-state index contributed by atoms with van der Waals surface area (Å²) in [5, 5.41) is 14.4. The third-order valence-electron chi connectivity index (χ3n) is 6.10. The van der Waals surface area contributed by atoms with Crippen molar-refractivity contribution in [1.82, 2.24) is 14.6 Å². The molecule has 2 atom stereocenters. The van der Waals surface area contributed by atoms with Crippen LogP contribution >= 0.6 is 0 Å². The molecule has 4 aromatic rings. The van der Waals surface area contributed by atoms with Crippen molar-refractivity contribution in [3.63, 3.8) is 0 Å². The predicted octanol–water partition coefficient (Wildman–Crippen LogP) is 3.95. The first-order valence-corrected chi connectivity index (χ1v) is 12.5. The molecule has 3 N–H and O–H groups in total. The van der Waals surface area contributed by atoms with E-state index in [1.54, 1.807) is 28.9 Å². The molecule has 2 heterocycles. The Morgan fingerprint density at radius 2 is 1.94 bits per heavy atom. The first-order valence-electron chi connectivity index (χ1n) is 11.0. The highest BCUT2D eigenvalue weighted by molar-refractivity contribution is 7.84. The lowest BCUT2D eigenvalue weighted by Crippen LogP contribution is -2.21. The third-order valence-corrected chi connectivity index (χ3v) is 6.56. The Hall–Kier alpha value is -3.35. The number of hydrogen-bond donors (Lipinski definition) is 2. The zero-order valence-electron chi connectivity index (χ0n) is 18.5. The summed E-state index contributed by atoms with van der Waals surface area (Å²) in [4.78, 5) is 4.41. The molecule has 12 heteroatoms. The van der Waals surface area contributed by atoms with E-state index < -0.39 is 16.9 Å². The van der Waals surface area contributed by atoms with E-state index >= 15 is 0 Å². The molecule has 5 rings (SSSR count). The fourth-order valence-electron chi connectivity index (χ4n) is 4.59. The summed E-state index contributed by atoms with van der Waals surface area (Å²) in [6.45, 7) is -2.86. The summed E-state index contributed by atoms with van der Waals surface area (Å²) in [6.07, 6.45) is 4.05. The van der Waals surface area contributed by atoms with E-state index in [1.165, 1.54) is 6.07 Å². The predicted molar refractivity (Wildman–Crippen MR) is 126 cm³/mol. The van der Waals surface area contributed by atoms with Gasteiger partial charge in [-0.15, -0.1) is 0 Å². The molecule has 0 bridgehead atoms. The Labute approximate surface area is 200 Å². The minimum absolute atomic E-state index is 0.0625. The number of nitrogens with zero attached hydrogens (tertiary/aromatic N) is 3. The van der Waals surface area contributed by atoms with E-state index in [0.29, 0.717) is 16.7 Å². The van der Waals surface area contributed by atoms with Crippen molar-refractivity contribution in [2.45, 2.75) is 31.9 Å². The molecule has 0 unspecified atom stereocenters. The van der Waals surface area contributed by atoms with Crippen molar-refractivity contribution < 1.29 is 26.1 Å². The maximum absolute atomic E-state index is 12.9. The zero-order chi connectivity index (χ0) is 24.6. The van der Waals surface area contributed by atoms with Gasteiger partial charge in [0.2, 0.25) is 0 Å². The smallest absolute Gasteiger partial charge is 0.387 e. The second-order valence-electron chi connectivity index (χ2n) is 8.46. The van der Waals surface area contributed by atoms with Crippen LogP contribution in [0.1, 0.15) is 19.3 Å². The van der Waals surface area contributed by atoms with Crippen LogP contribution in [0.2, 0.25) is 0 Å². The normalized spacial score (nSPS) is 18.5. The van der Waals surface area contributed by atoms with E-state index in [4.69, 9.17) is 14.4 Å². The lowest BCUT2D eigenvalue weighted by atomic mass is 10.0. The molecule has 1 fully saturated rings. The average molecular weight is 504 g/mol. The van der Waals surface area contributed by atoms with Crippen molar-refractivity contribution in [2.75, 3.05) is 11.9 Å². The van der Waals surface area contributed by atoms with E-state index in [1.807, 2.05) is 24.3 Å². The molecule has 2 aromatic heterocycles. The second kappa shape index (κ2) is 9.36. The van der Waals surface area contributed by atoms with Gasteiger partial charge >= 0.3 is 16.9 Å². The summed E-state index contributed by atoms with van der Waals surface area (Å²) in [6, 6.07) is 14.1. The molecule has 0 spiro atoms. The lowest BCUT2D eigenvalue weighted by molar-refractivity contribution is -0.0487. The molecule has 35 heavy (non-hydrogen) atoms. The van der Waals surface area contributed by atoms with Gasteiger partial charge in [0, 0.05) is 29.3 Å². The van der Waals surface area contributed by atoms with E-state index in [2.05, 4.69) is 15.0 Å². The Balaban J connectivity index is 1.42.